The van der Waals surface area contributed by atoms with Crippen molar-refractivity contribution >= 4 is 35.5 Å². The van der Waals surface area contributed by atoms with Crippen molar-refractivity contribution in [3.63, 3.8) is 0 Å². The van der Waals surface area contributed by atoms with Gasteiger partial charge >= 0.3 is 5.97 Å². The van der Waals surface area contributed by atoms with E-state index in [2.05, 4.69) is 16.0 Å². The average Bonchev–Trinajstić information content (AvgIpc) is 2.88. The summed E-state index contributed by atoms with van der Waals surface area (Å²) >= 11 is 0. The molecule has 1 aromatic rings. The Labute approximate surface area is 226 Å². The number of rotatable bonds is 19. The minimum atomic E-state index is -1.42. The van der Waals surface area contributed by atoms with Gasteiger partial charge in [-0.2, -0.15) is 0 Å². The van der Waals surface area contributed by atoms with Gasteiger partial charge in [0, 0.05) is 12.8 Å². The molecule has 14 nitrogen and oxygen atoms in total. The van der Waals surface area contributed by atoms with Crippen molar-refractivity contribution in [2.75, 3.05) is 6.54 Å². The summed E-state index contributed by atoms with van der Waals surface area (Å²) in [7, 11) is 0. The highest BCUT2D eigenvalue weighted by molar-refractivity contribution is 5.94. The summed E-state index contributed by atoms with van der Waals surface area (Å²) in [5.74, 6) is -5.06. The van der Waals surface area contributed by atoms with Gasteiger partial charge in [-0.15, -0.1) is 0 Å². The van der Waals surface area contributed by atoms with Gasteiger partial charge < -0.3 is 44.0 Å². The molecular formula is C25H39N7O7. The fourth-order valence-corrected chi connectivity index (χ4v) is 3.65. The maximum absolute atomic E-state index is 13.2. The Morgan fingerprint density at radius 2 is 1.21 bits per heavy atom. The first-order valence-electron chi connectivity index (χ1n) is 12.6. The first-order chi connectivity index (χ1) is 18.4. The van der Waals surface area contributed by atoms with E-state index in [1.165, 1.54) is 0 Å². The Morgan fingerprint density at radius 3 is 1.72 bits per heavy atom. The SMILES string of the molecule is NCCCCC(NC(=O)C(CCC(N)=O)NC(=O)C(N)Cc1ccccc1)C(=O)NC(CCC(N)=O)C(=O)O. The Hall–Kier alpha value is -4.04. The normalized spacial score (nSPS) is 13.8. The molecule has 216 valence electrons. The van der Waals surface area contributed by atoms with Gasteiger partial charge in [0.05, 0.1) is 6.04 Å². The highest BCUT2D eigenvalue weighted by Gasteiger charge is 2.30. The van der Waals surface area contributed by atoms with Crippen molar-refractivity contribution in [1.29, 1.82) is 0 Å². The van der Waals surface area contributed by atoms with Gasteiger partial charge in [0.25, 0.3) is 0 Å². The number of benzene rings is 1. The van der Waals surface area contributed by atoms with E-state index in [4.69, 9.17) is 22.9 Å². The summed E-state index contributed by atoms with van der Waals surface area (Å²) in [5, 5.41) is 16.7. The first kappa shape index (κ1) is 33.0. The molecule has 4 unspecified atom stereocenters. The van der Waals surface area contributed by atoms with Crippen molar-refractivity contribution in [3.8, 4) is 0 Å². The van der Waals surface area contributed by atoms with E-state index < -0.39 is 59.7 Å². The highest BCUT2D eigenvalue weighted by atomic mass is 16.4. The van der Waals surface area contributed by atoms with Crippen molar-refractivity contribution in [1.82, 2.24) is 16.0 Å². The molecule has 0 heterocycles. The van der Waals surface area contributed by atoms with Crippen molar-refractivity contribution in [2.45, 2.75) is 75.5 Å². The Bertz CT molecular complexity index is 990. The van der Waals surface area contributed by atoms with Crippen molar-refractivity contribution < 1.29 is 33.9 Å². The van der Waals surface area contributed by atoms with E-state index in [0.717, 1.165) is 5.56 Å². The quantitative estimate of drug-likeness (QED) is 0.0865. The summed E-state index contributed by atoms with van der Waals surface area (Å²) in [4.78, 5) is 72.8. The summed E-state index contributed by atoms with van der Waals surface area (Å²) in [5.41, 5.74) is 22.6. The molecule has 0 aliphatic rings. The maximum Gasteiger partial charge on any atom is 0.326 e. The lowest BCUT2D eigenvalue weighted by Gasteiger charge is -2.25. The zero-order chi connectivity index (χ0) is 29.4. The second-order valence-corrected chi connectivity index (χ2v) is 9.11. The second-order valence-electron chi connectivity index (χ2n) is 9.11. The van der Waals surface area contributed by atoms with Crippen LogP contribution in [0.3, 0.4) is 0 Å². The largest absolute Gasteiger partial charge is 0.480 e. The lowest BCUT2D eigenvalue weighted by Crippen LogP contribution is -2.57. The summed E-state index contributed by atoms with van der Waals surface area (Å²) in [6.07, 6.45) is 0.364. The third-order valence-corrected chi connectivity index (χ3v) is 5.82. The van der Waals surface area contributed by atoms with E-state index in [1.807, 2.05) is 6.07 Å². The summed E-state index contributed by atoms with van der Waals surface area (Å²) in [6.45, 7) is 0.329. The molecule has 0 saturated heterocycles. The molecule has 0 bridgehead atoms. The number of unbranched alkanes of at least 4 members (excludes halogenated alkanes) is 1. The fraction of sp³-hybridized carbons (Fsp3) is 0.520. The predicted molar refractivity (Wildman–Crippen MR) is 141 cm³/mol. The van der Waals surface area contributed by atoms with Gasteiger partial charge in [-0.1, -0.05) is 30.3 Å². The number of aliphatic carboxylic acids is 1. The molecule has 0 aliphatic heterocycles. The fourth-order valence-electron chi connectivity index (χ4n) is 3.65. The van der Waals surface area contributed by atoms with Crippen LogP contribution in [0.1, 0.15) is 50.5 Å². The van der Waals surface area contributed by atoms with Crippen LogP contribution in [0.15, 0.2) is 30.3 Å². The Kier molecular flexibility index (Phi) is 14.8. The minimum absolute atomic E-state index is 0.112. The second kappa shape index (κ2) is 17.5. The van der Waals surface area contributed by atoms with Crippen LogP contribution in [-0.2, 0) is 35.2 Å². The summed E-state index contributed by atoms with van der Waals surface area (Å²) < 4.78 is 0. The van der Waals surface area contributed by atoms with Crippen LogP contribution in [0.5, 0.6) is 0 Å². The number of carbonyl (C=O) groups is 6. The third kappa shape index (κ3) is 13.4. The first-order valence-corrected chi connectivity index (χ1v) is 12.6. The lowest BCUT2D eigenvalue weighted by molar-refractivity contribution is -0.142. The molecule has 1 aromatic carbocycles. The van der Waals surface area contributed by atoms with Gasteiger partial charge in [0.2, 0.25) is 29.5 Å². The Morgan fingerprint density at radius 1 is 0.718 bits per heavy atom. The number of nitrogens with one attached hydrogen (secondary N) is 3. The van der Waals surface area contributed by atoms with E-state index >= 15 is 0 Å². The van der Waals surface area contributed by atoms with E-state index in [9.17, 15) is 33.9 Å². The molecule has 0 spiro atoms. The van der Waals surface area contributed by atoms with Gasteiger partial charge in [-0.05, 0) is 50.6 Å². The van der Waals surface area contributed by atoms with E-state index in [1.54, 1.807) is 24.3 Å². The van der Waals surface area contributed by atoms with Gasteiger partial charge in [0.1, 0.15) is 18.1 Å². The van der Waals surface area contributed by atoms with Crippen LogP contribution in [0.25, 0.3) is 0 Å². The molecule has 1 rings (SSSR count). The van der Waals surface area contributed by atoms with Gasteiger partial charge in [0.15, 0.2) is 0 Å². The van der Waals surface area contributed by atoms with E-state index in [-0.39, 0.29) is 38.5 Å². The molecule has 0 aliphatic carbocycles. The number of carboxylic acid groups (broad SMARTS) is 1. The predicted octanol–water partition coefficient (Wildman–Crippen LogP) is -2.24. The van der Waals surface area contributed by atoms with Crippen molar-refractivity contribution in [2.24, 2.45) is 22.9 Å². The van der Waals surface area contributed by atoms with Crippen LogP contribution in [0, 0.1) is 0 Å². The molecule has 4 atom stereocenters. The molecule has 0 saturated carbocycles. The smallest absolute Gasteiger partial charge is 0.326 e. The molecule has 0 aromatic heterocycles. The molecule has 0 radical (unpaired) electrons. The van der Waals surface area contributed by atoms with E-state index in [0.29, 0.717) is 19.4 Å². The molecule has 12 N–H and O–H groups in total. The van der Waals surface area contributed by atoms with Crippen LogP contribution < -0.4 is 38.9 Å². The molecular weight excluding hydrogens is 510 g/mol. The van der Waals surface area contributed by atoms with Crippen LogP contribution in [0.2, 0.25) is 0 Å². The number of hydrogen-bond acceptors (Lipinski definition) is 8. The lowest BCUT2D eigenvalue weighted by atomic mass is 10.0. The molecule has 0 fully saturated rings. The maximum atomic E-state index is 13.2. The minimum Gasteiger partial charge on any atom is -0.480 e. The number of carboxylic acids is 1. The Balaban J connectivity index is 3.00. The molecule has 14 heteroatoms. The number of hydrogen-bond donors (Lipinski definition) is 8. The standard InChI is InChI=1S/C25H39N7O7/c26-13-5-4-8-17(23(36)32-19(25(38)39)10-12-21(29)34)31-24(37)18(9-11-20(28)33)30-22(35)16(27)14-15-6-2-1-3-7-15/h1-3,6-7,16-19H,4-5,8-14,26-27H2,(H2,28,33)(H2,29,34)(H,30,35)(H,31,37)(H,32,36)(H,38,39). The zero-order valence-corrected chi connectivity index (χ0v) is 21.8. The average molecular weight is 550 g/mol. The molecule has 39 heavy (non-hydrogen) atoms. The number of amides is 5. The number of carbonyl (C=O) groups excluding carboxylic acids is 5. The highest BCUT2D eigenvalue weighted by Crippen LogP contribution is 2.07. The van der Waals surface area contributed by atoms with Crippen LogP contribution >= 0.6 is 0 Å². The van der Waals surface area contributed by atoms with Gasteiger partial charge in [-0.25, -0.2) is 4.79 Å². The molecule has 5 amide bonds. The monoisotopic (exact) mass is 549 g/mol. The third-order valence-electron chi connectivity index (χ3n) is 5.82. The summed E-state index contributed by atoms with van der Waals surface area (Å²) in [6, 6.07) is 4.14. The number of nitrogens with two attached hydrogens (primary N) is 4. The zero-order valence-electron chi connectivity index (χ0n) is 21.8. The van der Waals surface area contributed by atoms with Crippen LogP contribution in [-0.4, -0.2) is 71.3 Å². The topological polar surface area (TPSA) is 263 Å². The van der Waals surface area contributed by atoms with Crippen molar-refractivity contribution in [3.05, 3.63) is 35.9 Å². The number of primary amides is 2. The van der Waals surface area contributed by atoms with Crippen LogP contribution in [0.4, 0.5) is 0 Å². The van der Waals surface area contributed by atoms with Gasteiger partial charge in [-0.3, -0.25) is 24.0 Å².